The third-order valence-electron chi connectivity index (χ3n) is 1.85. The van der Waals surface area contributed by atoms with Crippen molar-refractivity contribution < 1.29 is 0 Å². The predicted octanol–water partition coefficient (Wildman–Crippen LogP) is 4.73. The van der Waals surface area contributed by atoms with Gasteiger partial charge in [0.15, 0.2) is 0 Å². The molecule has 0 rings (SSSR count). The fourth-order valence-electron chi connectivity index (χ4n) is 1.09. The summed E-state index contributed by atoms with van der Waals surface area (Å²) in [6.07, 6.45) is 14.0. The molecule has 0 unspecified atom stereocenters. The van der Waals surface area contributed by atoms with Crippen molar-refractivity contribution in [2.45, 2.75) is 58.8 Å². The fraction of sp³-hybridized carbons (Fsp3) is 0.818. The molecule has 0 N–H and O–H groups in total. The van der Waals surface area contributed by atoms with E-state index in [2.05, 4.69) is 26.0 Å². The van der Waals surface area contributed by atoms with Gasteiger partial charge in [-0.05, 0) is 19.3 Å². The van der Waals surface area contributed by atoms with Gasteiger partial charge < -0.3 is 0 Å². The molecular formula is C11H23Cl. The van der Waals surface area contributed by atoms with E-state index in [9.17, 15) is 0 Å². The first kappa shape index (κ1) is 14.5. The molecule has 0 amide bonds. The Kier molecular flexibility index (Phi) is 16.5. The second-order valence-corrected chi connectivity index (χ2v) is 3.11. The summed E-state index contributed by atoms with van der Waals surface area (Å²) in [5.41, 5.74) is 0. The molecule has 0 saturated carbocycles. The van der Waals surface area contributed by atoms with E-state index in [1.807, 2.05) is 0 Å². The summed E-state index contributed by atoms with van der Waals surface area (Å²) < 4.78 is 0. The van der Waals surface area contributed by atoms with Gasteiger partial charge in [-0.15, -0.1) is 12.4 Å². The Morgan fingerprint density at radius 3 is 2.00 bits per heavy atom. The molecule has 0 heterocycles. The topological polar surface area (TPSA) is 0 Å². The number of rotatable bonds is 7. The average Bonchev–Trinajstić information content (AvgIpc) is 2.03. The molecule has 0 aromatic rings. The summed E-state index contributed by atoms with van der Waals surface area (Å²) in [5, 5.41) is 0. The van der Waals surface area contributed by atoms with Crippen LogP contribution in [0.25, 0.3) is 0 Å². The van der Waals surface area contributed by atoms with Crippen LogP contribution in [0, 0.1) is 0 Å². The Morgan fingerprint density at radius 2 is 1.42 bits per heavy atom. The third-order valence-corrected chi connectivity index (χ3v) is 1.85. The molecule has 0 aliphatic carbocycles. The van der Waals surface area contributed by atoms with Crippen molar-refractivity contribution in [3.63, 3.8) is 0 Å². The SMILES string of the molecule is CCC/C=C/CCCCCC.Cl. The van der Waals surface area contributed by atoms with Crippen molar-refractivity contribution >= 4 is 12.4 Å². The van der Waals surface area contributed by atoms with Gasteiger partial charge in [0.05, 0.1) is 0 Å². The molecule has 0 nitrogen and oxygen atoms in total. The van der Waals surface area contributed by atoms with E-state index < -0.39 is 0 Å². The van der Waals surface area contributed by atoms with Gasteiger partial charge in [0, 0.05) is 0 Å². The molecular weight excluding hydrogens is 168 g/mol. The summed E-state index contributed by atoms with van der Waals surface area (Å²) >= 11 is 0. The van der Waals surface area contributed by atoms with Gasteiger partial charge in [-0.1, -0.05) is 51.7 Å². The van der Waals surface area contributed by atoms with Crippen LogP contribution >= 0.6 is 12.4 Å². The normalized spacial score (nSPS) is 10.2. The van der Waals surface area contributed by atoms with Crippen LogP contribution in [-0.4, -0.2) is 0 Å². The molecule has 0 aromatic carbocycles. The molecule has 0 fully saturated rings. The summed E-state index contributed by atoms with van der Waals surface area (Å²) in [6.45, 7) is 4.48. The predicted molar refractivity (Wildman–Crippen MR) is 60.1 cm³/mol. The highest BCUT2D eigenvalue weighted by Crippen LogP contribution is 2.03. The van der Waals surface area contributed by atoms with E-state index in [-0.39, 0.29) is 12.4 Å². The van der Waals surface area contributed by atoms with Gasteiger partial charge in [0.2, 0.25) is 0 Å². The van der Waals surface area contributed by atoms with Crippen LogP contribution in [0.2, 0.25) is 0 Å². The number of allylic oxidation sites excluding steroid dienone is 2. The summed E-state index contributed by atoms with van der Waals surface area (Å²) in [4.78, 5) is 0. The lowest BCUT2D eigenvalue weighted by atomic mass is 10.1. The maximum atomic E-state index is 2.33. The van der Waals surface area contributed by atoms with Gasteiger partial charge in [-0.2, -0.15) is 0 Å². The maximum Gasteiger partial charge on any atom is -0.0351 e. The Morgan fingerprint density at radius 1 is 0.750 bits per heavy atom. The zero-order valence-corrected chi connectivity index (χ0v) is 9.33. The number of hydrogen-bond acceptors (Lipinski definition) is 0. The van der Waals surface area contributed by atoms with E-state index in [1.54, 1.807) is 0 Å². The molecule has 0 aromatic heterocycles. The Bertz CT molecular complexity index is 87.0. The molecule has 0 radical (unpaired) electrons. The fourth-order valence-corrected chi connectivity index (χ4v) is 1.09. The molecule has 0 saturated heterocycles. The van der Waals surface area contributed by atoms with Gasteiger partial charge in [0.25, 0.3) is 0 Å². The lowest BCUT2D eigenvalue weighted by molar-refractivity contribution is 0.673. The highest BCUT2D eigenvalue weighted by atomic mass is 35.5. The van der Waals surface area contributed by atoms with E-state index in [1.165, 1.54) is 44.9 Å². The highest BCUT2D eigenvalue weighted by molar-refractivity contribution is 5.85. The van der Waals surface area contributed by atoms with Crippen molar-refractivity contribution in [1.82, 2.24) is 0 Å². The molecule has 0 aliphatic rings. The first-order chi connectivity index (χ1) is 5.41. The third kappa shape index (κ3) is 12.7. The molecule has 1 heteroatoms. The second-order valence-electron chi connectivity index (χ2n) is 3.11. The van der Waals surface area contributed by atoms with Gasteiger partial charge in [0.1, 0.15) is 0 Å². The Balaban J connectivity index is 0. The largest absolute Gasteiger partial charge is 0.147 e. The summed E-state index contributed by atoms with van der Waals surface area (Å²) in [5.74, 6) is 0. The van der Waals surface area contributed by atoms with E-state index >= 15 is 0 Å². The molecule has 0 aliphatic heterocycles. The average molecular weight is 191 g/mol. The van der Waals surface area contributed by atoms with Crippen molar-refractivity contribution in [2.24, 2.45) is 0 Å². The Hall–Kier alpha value is 0.0300. The first-order valence-corrected chi connectivity index (χ1v) is 5.06. The van der Waals surface area contributed by atoms with E-state index in [4.69, 9.17) is 0 Å². The van der Waals surface area contributed by atoms with Gasteiger partial charge in [-0.3, -0.25) is 0 Å². The molecule has 0 bridgehead atoms. The van der Waals surface area contributed by atoms with E-state index in [0.29, 0.717) is 0 Å². The van der Waals surface area contributed by atoms with Crippen LogP contribution in [0.1, 0.15) is 58.8 Å². The molecule has 12 heavy (non-hydrogen) atoms. The monoisotopic (exact) mass is 190 g/mol. The van der Waals surface area contributed by atoms with Crippen molar-refractivity contribution in [1.29, 1.82) is 0 Å². The quantitative estimate of drug-likeness (QED) is 0.402. The lowest BCUT2D eigenvalue weighted by Crippen LogP contribution is -1.73. The molecule has 0 spiro atoms. The van der Waals surface area contributed by atoms with E-state index in [0.717, 1.165) is 0 Å². The van der Waals surface area contributed by atoms with Crippen LogP contribution in [-0.2, 0) is 0 Å². The van der Waals surface area contributed by atoms with Gasteiger partial charge in [-0.25, -0.2) is 0 Å². The van der Waals surface area contributed by atoms with Crippen LogP contribution < -0.4 is 0 Å². The summed E-state index contributed by atoms with van der Waals surface area (Å²) in [6, 6.07) is 0. The minimum Gasteiger partial charge on any atom is -0.147 e. The smallest absolute Gasteiger partial charge is 0.0351 e. The second kappa shape index (κ2) is 13.6. The zero-order chi connectivity index (χ0) is 8.36. The van der Waals surface area contributed by atoms with Crippen molar-refractivity contribution in [2.75, 3.05) is 0 Å². The van der Waals surface area contributed by atoms with Crippen LogP contribution in [0.4, 0.5) is 0 Å². The first-order valence-electron chi connectivity index (χ1n) is 5.06. The van der Waals surface area contributed by atoms with Crippen LogP contribution in [0.3, 0.4) is 0 Å². The minimum atomic E-state index is 0. The van der Waals surface area contributed by atoms with Crippen molar-refractivity contribution in [3.8, 4) is 0 Å². The summed E-state index contributed by atoms with van der Waals surface area (Å²) in [7, 11) is 0. The number of hydrogen-bond donors (Lipinski definition) is 0. The number of unbranched alkanes of at least 4 members (excludes halogenated alkanes) is 5. The zero-order valence-electron chi connectivity index (χ0n) is 8.51. The van der Waals surface area contributed by atoms with Crippen LogP contribution in [0.5, 0.6) is 0 Å². The number of halogens is 1. The molecule has 0 atom stereocenters. The highest BCUT2D eigenvalue weighted by Gasteiger charge is 1.83. The maximum absolute atomic E-state index is 2.33. The van der Waals surface area contributed by atoms with Gasteiger partial charge >= 0.3 is 0 Å². The molecule has 74 valence electrons. The lowest BCUT2D eigenvalue weighted by Gasteiger charge is -1.93. The Labute approximate surface area is 83.9 Å². The van der Waals surface area contributed by atoms with Crippen molar-refractivity contribution in [3.05, 3.63) is 12.2 Å². The standard InChI is InChI=1S/C11H22.ClH/c1-3-5-7-9-11-10-8-6-4-2;/h7,9H,3-6,8,10-11H2,1-2H3;1H/b9-7+;. The minimum absolute atomic E-state index is 0. The van der Waals surface area contributed by atoms with Crippen LogP contribution in [0.15, 0.2) is 12.2 Å².